The van der Waals surface area contributed by atoms with Crippen LogP contribution in [0.25, 0.3) is 4.96 Å². The molecule has 2 aromatic heterocycles. The molecule has 1 saturated heterocycles. The first-order chi connectivity index (χ1) is 8.57. The van der Waals surface area contributed by atoms with Crippen molar-refractivity contribution in [3.63, 3.8) is 0 Å². The van der Waals surface area contributed by atoms with Crippen LogP contribution in [-0.4, -0.2) is 53.6 Å². The molecule has 0 amide bonds. The summed E-state index contributed by atoms with van der Waals surface area (Å²) in [6.07, 6.45) is 1.43. The van der Waals surface area contributed by atoms with Crippen molar-refractivity contribution in [2.75, 3.05) is 26.3 Å². The Labute approximate surface area is 116 Å². The van der Waals surface area contributed by atoms with E-state index in [0.29, 0.717) is 35.2 Å². The third-order valence-electron chi connectivity index (χ3n) is 2.57. The number of halogens is 1. The lowest BCUT2D eigenvalue weighted by molar-refractivity contribution is 0.0729. The van der Waals surface area contributed by atoms with E-state index in [1.807, 2.05) is 0 Å². The summed E-state index contributed by atoms with van der Waals surface area (Å²) in [5, 5.41) is 4.11. The van der Waals surface area contributed by atoms with Crippen molar-refractivity contribution in [1.29, 1.82) is 0 Å². The molecule has 0 unspecified atom stereocenters. The van der Waals surface area contributed by atoms with E-state index in [1.54, 1.807) is 0 Å². The molecule has 1 aliphatic heterocycles. The van der Waals surface area contributed by atoms with Gasteiger partial charge in [0.1, 0.15) is 0 Å². The second-order valence-corrected chi connectivity index (χ2v) is 7.79. The van der Waals surface area contributed by atoms with Gasteiger partial charge in [0.15, 0.2) is 8.94 Å². The summed E-state index contributed by atoms with van der Waals surface area (Å²) in [7, 11) is -3.53. The van der Waals surface area contributed by atoms with Crippen LogP contribution >= 0.6 is 27.3 Å². The summed E-state index contributed by atoms with van der Waals surface area (Å²) in [6.45, 7) is 1.58. The van der Waals surface area contributed by atoms with Gasteiger partial charge in [-0.15, -0.1) is 5.10 Å². The fraction of sp³-hybridized carbons (Fsp3) is 0.500. The Balaban J connectivity index is 1.98. The third-order valence-corrected chi connectivity index (χ3v) is 5.70. The number of ether oxygens (including phenoxy) is 1. The van der Waals surface area contributed by atoms with E-state index in [4.69, 9.17) is 4.74 Å². The third kappa shape index (κ3) is 2.07. The minimum atomic E-state index is -3.53. The van der Waals surface area contributed by atoms with E-state index < -0.39 is 10.0 Å². The largest absolute Gasteiger partial charge is 0.379 e. The summed E-state index contributed by atoms with van der Waals surface area (Å²) >= 11 is 4.51. The molecule has 98 valence electrons. The Bertz CT molecular complexity index is 642. The Kier molecular flexibility index (Phi) is 3.14. The summed E-state index contributed by atoms with van der Waals surface area (Å²) in [5.41, 5.74) is 0. The highest BCUT2D eigenvalue weighted by molar-refractivity contribution is 9.11. The van der Waals surface area contributed by atoms with E-state index in [9.17, 15) is 8.42 Å². The van der Waals surface area contributed by atoms with Crippen LogP contribution in [0.15, 0.2) is 15.1 Å². The van der Waals surface area contributed by atoms with E-state index in [0.717, 1.165) is 0 Å². The summed E-state index contributed by atoms with van der Waals surface area (Å²) in [5.74, 6) is 0. The average Bonchev–Trinajstić information content (AvgIpc) is 2.87. The number of imidazole rings is 1. The molecule has 0 radical (unpaired) electrons. The molecular formula is C8H9BrN4O3S2. The minimum absolute atomic E-state index is 0.0376. The molecule has 3 heterocycles. The molecular weight excluding hydrogens is 344 g/mol. The number of rotatable bonds is 2. The lowest BCUT2D eigenvalue weighted by Crippen LogP contribution is -2.40. The van der Waals surface area contributed by atoms with Crippen molar-refractivity contribution in [2.24, 2.45) is 0 Å². The maximum atomic E-state index is 12.3. The van der Waals surface area contributed by atoms with Crippen LogP contribution in [0.1, 0.15) is 0 Å². The van der Waals surface area contributed by atoms with Gasteiger partial charge in [-0.25, -0.2) is 17.9 Å². The number of aromatic nitrogens is 3. The van der Waals surface area contributed by atoms with Gasteiger partial charge in [0, 0.05) is 13.1 Å². The van der Waals surface area contributed by atoms with Crippen molar-refractivity contribution in [3.8, 4) is 0 Å². The highest BCUT2D eigenvalue weighted by atomic mass is 79.9. The molecule has 3 rings (SSSR count). The first kappa shape index (κ1) is 12.5. The number of hydrogen-bond acceptors (Lipinski definition) is 6. The highest BCUT2D eigenvalue weighted by Gasteiger charge is 2.29. The van der Waals surface area contributed by atoms with Gasteiger partial charge in [0.25, 0.3) is 10.0 Å². The zero-order valence-electron chi connectivity index (χ0n) is 9.11. The van der Waals surface area contributed by atoms with Crippen LogP contribution in [0.3, 0.4) is 0 Å². The van der Waals surface area contributed by atoms with Crippen LogP contribution < -0.4 is 0 Å². The molecule has 10 heteroatoms. The number of hydrogen-bond donors (Lipinski definition) is 0. The lowest BCUT2D eigenvalue weighted by atomic mass is 10.5. The van der Waals surface area contributed by atoms with E-state index in [-0.39, 0.29) is 5.03 Å². The summed E-state index contributed by atoms with van der Waals surface area (Å²) < 4.78 is 33.3. The predicted octanol–water partition coefficient (Wildman–Crippen LogP) is 0.574. The zero-order chi connectivity index (χ0) is 12.8. The number of nitrogens with zero attached hydrogens (tertiary/aromatic N) is 4. The summed E-state index contributed by atoms with van der Waals surface area (Å²) in [6, 6.07) is 0. The zero-order valence-corrected chi connectivity index (χ0v) is 12.3. The van der Waals surface area contributed by atoms with Crippen molar-refractivity contribution < 1.29 is 13.2 Å². The molecule has 0 bridgehead atoms. The average molecular weight is 353 g/mol. The van der Waals surface area contributed by atoms with E-state index in [1.165, 1.54) is 26.4 Å². The van der Waals surface area contributed by atoms with Crippen LogP contribution in [0, 0.1) is 0 Å². The minimum Gasteiger partial charge on any atom is -0.379 e. The van der Waals surface area contributed by atoms with Crippen LogP contribution in [0.2, 0.25) is 0 Å². The number of morpholine rings is 1. The quantitative estimate of drug-likeness (QED) is 0.789. The Morgan fingerprint density at radius 3 is 2.78 bits per heavy atom. The molecule has 0 atom stereocenters. The molecule has 0 spiro atoms. The molecule has 0 N–H and O–H groups in total. The van der Waals surface area contributed by atoms with Crippen LogP contribution in [-0.2, 0) is 14.8 Å². The SMILES string of the molecule is O=S(=O)(c1cn2nc(Br)sc2n1)N1CCOCC1. The van der Waals surface area contributed by atoms with E-state index in [2.05, 4.69) is 26.0 Å². The first-order valence-electron chi connectivity index (χ1n) is 5.17. The molecule has 0 aromatic carbocycles. The van der Waals surface area contributed by atoms with Gasteiger partial charge in [0.05, 0.1) is 19.4 Å². The topological polar surface area (TPSA) is 76.8 Å². The second-order valence-electron chi connectivity index (χ2n) is 3.68. The maximum absolute atomic E-state index is 12.3. The van der Waals surface area contributed by atoms with Crippen LogP contribution in [0.4, 0.5) is 0 Å². The molecule has 0 saturated carbocycles. The molecule has 2 aromatic rings. The highest BCUT2D eigenvalue weighted by Crippen LogP contribution is 2.22. The van der Waals surface area contributed by atoms with Crippen molar-refractivity contribution >= 4 is 42.3 Å². The molecule has 7 nitrogen and oxygen atoms in total. The monoisotopic (exact) mass is 352 g/mol. The molecule has 18 heavy (non-hydrogen) atoms. The lowest BCUT2D eigenvalue weighted by Gasteiger charge is -2.24. The molecule has 1 aliphatic rings. The fourth-order valence-corrected chi connectivity index (χ4v) is 4.30. The smallest absolute Gasteiger partial charge is 0.262 e. The second kappa shape index (κ2) is 4.53. The van der Waals surface area contributed by atoms with Gasteiger partial charge in [-0.2, -0.15) is 4.31 Å². The van der Waals surface area contributed by atoms with Gasteiger partial charge >= 0.3 is 0 Å². The summed E-state index contributed by atoms with van der Waals surface area (Å²) in [4.78, 5) is 4.65. The first-order valence-corrected chi connectivity index (χ1v) is 8.22. The fourth-order valence-electron chi connectivity index (χ4n) is 1.70. The molecule has 0 aliphatic carbocycles. The Hall–Kier alpha value is -0.550. The van der Waals surface area contributed by atoms with Crippen molar-refractivity contribution in [2.45, 2.75) is 5.03 Å². The van der Waals surface area contributed by atoms with Gasteiger partial charge in [-0.1, -0.05) is 11.3 Å². The molecule has 1 fully saturated rings. The Morgan fingerprint density at radius 1 is 1.39 bits per heavy atom. The van der Waals surface area contributed by atoms with Gasteiger partial charge < -0.3 is 4.74 Å². The van der Waals surface area contributed by atoms with Gasteiger partial charge in [-0.3, -0.25) is 0 Å². The maximum Gasteiger partial charge on any atom is 0.262 e. The number of fused-ring (bicyclic) bond motifs is 1. The van der Waals surface area contributed by atoms with Crippen molar-refractivity contribution in [3.05, 3.63) is 10.1 Å². The van der Waals surface area contributed by atoms with Gasteiger partial charge in [0.2, 0.25) is 4.96 Å². The van der Waals surface area contributed by atoms with Crippen molar-refractivity contribution in [1.82, 2.24) is 18.9 Å². The normalized spacial score (nSPS) is 18.5. The standard InChI is InChI=1S/C8H9BrN4O3S2/c9-7-11-13-5-6(10-8(13)17-7)18(14,15)12-1-3-16-4-2-12/h5H,1-4H2. The number of sulfonamides is 1. The van der Waals surface area contributed by atoms with Crippen LogP contribution in [0.5, 0.6) is 0 Å². The van der Waals surface area contributed by atoms with E-state index >= 15 is 0 Å². The Morgan fingerprint density at radius 2 is 2.11 bits per heavy atom. The van der Waals surface area contributed by atoms with Gasteiger partial charge in [-0.05, 0) is 15.9 Å². The predicted molar refractivity (Wildman–Crippen MR) is 68.1 cm³/mol.